The van der Waals surface area contributed by atoms with Gasteiger partial charge in [0.15, 0.2) is 0 Å². The van der Waals surface area contributed by atoms with Crippen molar-refractivity contribution in [3.8, 4) is 0 Å². The van der Waals surface area contributed by atoms with Gasteiger partial charge < -0.3 is 4.74 Å². The van der Waals surface area contributed by atoms with Crippen LogP contribution in [0.4, 0.5) is 0 Å². The van der Waals surface area contributed by atoms with Crippen LogP contribution in [0.15, 0.2) is 66.7 Å². The van der Waals surface area contributed by atoms with E-state index in [2.05, 4.69) is 0 Å². The summed E-state index contributed by atoms with van der Waals surface area (Å²) in [7, 11) is 0. The lowest BCUT2D eigenvalue weighted by molar-refractivity contribution is 0.264. The Morgan fingerprint density at radius 1 is 0.944 bits per heavy atom. The number of alkyl halides is 1. The molecule has 0 aliphatic carbocycles. The van der Waals surface area contributed by atoms with Crippen molar-refractivity contribution in [2.24, 2.45) is 0 Å². The van der Waals surface area contributed by atoms with Gasteiger partial charge in [-0.2, -0.15) is 0 Å². The van der Waals surface area contributed by atoms with Gasteiger partial charge in [0, 0.05) is 11.4 Å². The number of benzene rings is 2. The highest BCUT2D eigenvalue weighted by molar-refractivity contribution is 6.19. The third-order valence-corrected chi connectivity index (χ3v) is 2.71. The molecule has 0 amide bonds. The van der Waals surface area contributed by atoms with Crippen LogP contribution in [-0.2, 0) is 11.3 Å². The summed E-state index contributed by atoms with van der Waals surface area (Å²) in [6, 6.07) is 20.1. The largest absolute Gasteiger partial charge is 0.489 e. The first-order chi connectivity index (χ1) is 8.90. The topological polar surface area (TPSA) is 9.23 Å². The molecule has 0 unspecified atom stereocenters. The van der Waals surface area contributed by atoms with E-state index in [1.54, 1.807) is 0 Å². The highest BCUT2D eigenvalue weighted by Gasteiger charge is 2.02. The van der Waals surface area contributed by atoms with Crippen LogP contribution in [0.1, 0.15) is 11.1 Å². The molecule has 0 saturated carbocycles. The third-order valence-electron chi connectivity index (χ3n) is 2.56. The van der Waals surface area contributed by atoms with Gasteiger partial charge in [0.1, 0.15) is 12.4 Å². The molecule has 0 saturated heterocycles. The van der Waals surface area contributed by atoms with E-state index in [4.69, 9.17) is 16.3 Å². The fourth-order valence-corrected chi connectivity index (χ4v) is 1.81. The molecule has 0 aliphatic rings. The maximum atomic E-state index is 5.83. The minimum Gasteiger partial charge on any atom is -0.489 e. The van der Waals surface area contributed by atoms with E-state index in [1.165, 1.54) is 0 Å². The molecule has 0 heterocycles. The van der Waals surface area contributed by atoms with Crippen LogP contribution in [0.5, 0.6) is 0 Å². The molecular formula is C16H15ClO. The Balaban J connectivity index is 2.07. The first-order valence-corrected chi connectivity index (χ1v) is 6.42. The van der Waals surface area contributed by atoms with Crippen LogP contribution in [0, 0.1) is 0 Å². The summed E-state index contributed by atoms with van der Waals surface area (Å²) in [5, 5.41) is 0. The fourth-order valence-electron chi connectivity index (χ4n) is 1.67. The van der Waals surface area contributed by atoms with Gasteiger partial charge in [0.25, 0.3) is 0 Å². The van der Waals surface area contributed by atoms with E-state index in [1.807, 2.05) is 66.7 Å². The minimum absolute atomic E-state index is 0.443. The molecule has 1 nitrogen and oxygen atoms in total. The predicted molar refractivity (Wildman–Crippen MR) is 76.4 cm³/mol. The smallest absolute Gasteiger partial charge is 0.124 e. The van der Waals surface area contributed by atoms with Crippen molar-refractivity contribution >= 4 is 17.4 Å². The number of rotatable bonds is 5. The monoisotopic (exact) mass is 258 g/mol. The zero-order valence-corrected chi connectivity index (χ0v) is 10.8. The highest BCUT2D eigenvalue weighted by Crippen LogP contribution is 2.17. The lowest BCUT2D eigenvalue weighted by atomic mass is 10.2. The average Bonchev–Trinajstić information content (AvgIpc) is 2.45. The fraction of sp³-hybridized carbons (Fsp3) is 0.125. The third kappa shape index (κ3) is 3.64. The van der Waals surface area contributed by atoms with Crippen molar-refractivity contribution in [3.05, 3.63) is 77.9 Å². The van der Waals surface area contributed by atoms with E-state index < -0.39 is 0 Å². The number of hydrogen-bond donors (Lipinski definition) is 0. The van der Waals surface area contributed by atoms with Crippen molar-refractivity contribution in [3.63, 3.8) is 0 Å². The second-order valence-electron chi connectivity index (χ2n) is 3.86. The van der Waals surface area contributed by atoms with E-state index in [9.17, 15) is 0 Å². The summed E-state index contributed by atoms with van der Waals surface area (Å²) in [5.74, 6) is 1.27. The van der Waals surface area contributed by atoms with E-state index >= 15 is 0 Å². The predicted octanol–water partition coefficient (Wildman–Crippen LogP) is 4.48. The van der Waals surface area contributed by atoms with Gasteiger partial charge >= 0.3 is 0 Å². The van der Waals surface area contributed by atoms with Gasteiger partial charge in [-0.15, -0.1) is 11.6 Å². The van der Waals surface area contributed by atoms with E-state index in [-0.39, 0.29) is 0 Å². The molecular weight excluding hydrogens is 244 g/mol. The number of halogens is 1. The van der Waals surface area contributed by atoms with Gasteiger partial charge in [0.2, 0.25) is 0 Å². The molecule has 2 rings (SSSR count). The summed E-state index contributed by atoms with van der Waals surface area (Å²) in [6.07, 6.45) is 1.89. The van der Waals surface area contributed by atoms with Crippen molar-refractivity contribution in [1.29, 1.82) is 0 Å². The molecule has 92 valence electrons. The number of hydrogen-bond acceptors (Lipinski definition) is 1. The van der Waals surface area contributed by atoms with Crippen LogP contribution < -0.4 is 0 Å². The van der Waals surface area contributed by atoms with Gasteiger partial charge in [-0.1, -0.05) is 60.7 Å². The Bertz CT molecular complexity index is 491. The summed E-state index contributed by atoms with van der Waals surface area (Å²) < 4.78 is 5.83. The molecule has 2 aromatic rings. The van der Waals surface area contributed by atoms with Gasteiger partial charge in [-0.25, -0.2) is 0 Å². The molecule has 0 aromatic heterocycles. The van der Waals surface area contributed by atoms with Crippen molar-refractivity contribution < 1.29 is 4.74 Å². The van der Waals surface area contributed by atoms with Crippen molar-refractivity contribution in [1.82, 2.24) is 0 Å². The van der Waals surface area contributed by atoms with Crippen LogP contribution in [0.25, 0.3) is 5.76 Å². The summed E-state index contributed by atoms with van der Waals surface area (Å²) in [6.45, 7) is 0.554. The second kappa shape index (κ2) is 6.87. The molecule has 0 spiro atoms. The maximum Gasteiger partial charge on any atom is 0.124 e. The Labute approximate surface area is 113 Å². The van der Waals surface area contributed by atoms with Crippen molar-refractivity contribution in [2.75, 3.05) is 5.88 Å². The molecule has 2 heteroatoms. The molecule has 18 heavy (non-hydrogen) atoms. The normalized spacial score (nSPS) is 11.3. The van der Waals surface area contributed by atoms with E-state index in [0.29, 0.717) is 12.5 Å². The maximum absolute atomic E-state index is 5.83. The molecule has 0 fully saturated rings. The molecule has 0 radical (unpaired) electrons. The number of ether oxygens (including phenoxy) is 1. The second-order valence-corrected chi connectivity index (χ2v) is 4.17. The van der Waals surface area contributed by atoms with Gasteiger partial charge in [-0.3, -0.25) is 0 Å². The standard InChI is InChI=1S/C16H15ClO/c17-12-11-16(15-9-5-2-6-10-15)18-13-14-7-3-1-4-8-14/h1-11H,12-13H2. The first kappa shape index (κ1) is 12.7. The summed E-state index contributed by atoms with van der Waals surface area (Å²) in [4.78, 5) is 0. The Morgan fingerprint density at radius 2 is 1.56 bits per heavy atom. The first-order valence-electron chi connectivity index (χ1n) is 5.88. The zero-order chi connectivity index (χ0) is 12.6. The quantitative estimate of drug-likeness (QED) is 0.567. The van der Waals surface area contributed by atoms with E-state index in [0.717, 1.165) is 16.9 Å². The summed E-state index contributed by atoms with van der Waals surface area (Å²) >= 11 is 5.77. The Kier molecular flexibility index (Phi) is 4.86. The molecule has 0 aliphatic heterocycles. The van der Waals surface area contributed by atoms with Crippen molar-refractivity contribution in [2.45, 2.75) is 6.61 Å². The van der Waals surface area contributed by atoms with Gasteiger partial charge in [-0.05, 0) is 11.6 Å². The Morgan fingerprint density at radius 3 is 2.17 bits per heavy atom. The van der Waals surface area contributed by atoms with Crippen LogP contribution >= 0.6 is 11.6 Å². The average molecular weight is 259 g/mol. The van der Waals surface area contributed by atoms with Gasteiger partial charge in [0.05, 0.1) is 0 Å². The lowest BCUT2D eigenvalue weighted by Gasteiger charge is -2.10. The molecule has 0 bridgehead atoms. The molecule has 2 aromatic carbocycles. The van der Waals surface area contributed by atoms with Crippen LogP contribution in [0.2, 0.25) is 0 Å². The lowest BCUT2D eigenvalue weighted by Crippen LogP contribution is -1.94. The summed E-state index contributed by atoms with van der Waals surface area (Å²) in [5.41, 5.74) is 2.20. The van der Waals surface area contributed by atoms with Crippen LogP contribution in [0.3, 0.4) is 0 Å². The molecule has 0 atom stereocenters. The highest BCUT2D eigenvalue weighted by atomic mass is 35.5. The van der Waals surface area contributed by atoms with Crippen LogP contribution in [-0.4, -0.2) is 5.88 Å². The Hall–Kier alpha value is -1.73. The SMILES string of the molecule is ClCC=C(OCc1ccccc1)c1ccccc1. The zero-order valence-electron chi connectivity index (χ0n) is 10.1. The molecule has 0 N–H and O–H groups in total. The number of allylic oxidation sites excluding steroid dienone is 1. The minimum atomic E-state index is 0.443.